The predicted molar refractivity (Wildman–Crippen MR) is 319 cm³/mol. The Bertz CT molecular complexity index is 1970. The van der Waals surface area contributed by atoms with Crippen molar-refractivity contribution < 1.29 is 63.2 Å². The number of benzene rings is 1. The van der Waals surface area contributed by atoms with Crippen LogP contribution in [0.5, 0.6) is 0 Å². The average Bonchev–Trinajstić information content (AvgIpc) is 3.91. The van der Waals surface area contributed by atoms with Gasteiger partial charge in [0.2, 0.25) is 23.6 Å². The number of primary amides is 1. The van der Waals surface area contributed by atoms with E-state index in [1.54, 1.807) is 27.9 Å². The molecule has 81 heavy (non-hydrogen) atoms. The summed E-state index contributed by atoms with van der Waals surface area (Å²) in [7, 11) is 6.16. The zero-order valence-corrected chi connectivity index (χ0v) is 52.5. The molecule has 0 saturated carbocycles. The highest BCUT2D eigenvalue weighted by atomic mass is 16.5. The highest BCUT2D eigenvalue weighted by molar-refractivity contribution is 5.94. The molecule has 20 nitrogen and oxygen atoms in total. The lowest BCUT2D eigenvalue weighted by atomic mass is 9.83. The maximum absolute atomic E-state index is 13.6. The van der Waals surface area contributed by atoms with Gasteiger partial charge in [-0.25, -0.2) is 4.79 Å². The number of hydrogen-bond donors (Lipinski definition) is 7. The Balaban J connectivity index is -0.00000131. The average molecular weight is 1150 g/mol. The van der Waals surface area contributed by atoms with Crippen molar-refractivity contribution in [1.82, 2.24) is 20.0 Å². The van der Waals surface area contributed by atoms with E-state index in [2.05, 4.69) is 5.32 Å². The molecule has 0 aromatic heterocycles. The summed E-state index contributed by atoms with van der Waals surface area (Å²) in [5, 5.41) is 31.7. The lowest BCUT2D eigenvalue weighted by molar-refractivity contribution is -0.154. The zero-order chi connectivity index (χ0) is 63.1. The first-order chi connectivity index (χ1) is 38.0. The van der Waals surface area contributed by atoms with E-state index >= 15 is 0 Å². The number of rotatable bonds is 32. The SMILES string of the molecule is CCN.CCN.CCO.CC[C@H](C)C(NC)C(=O)CCC(=O)N(C)[C@H](Cc1ccccc1)C(=O)N1CCC[C@H]1C(=O)OC.CC[C@H](C)C(O)C(=O)C[C@@H](CC(C)C)C(=O)N(C)[C@@H](CCC(N)=O)C(=O)C[C@@H](CC(C)C)[C@@H](O)CC(C)=O. The predicted octanol–water partition coefficient (Wildman–Crippen LogP) is 5.20. The fourth-order valence-corrected chi connectivity index (χ4v) is 9.44. The standard InChI is InChI=1S/C29H52N2O7.C26H39N3O5.2C2H7N.C2H6O/c1-9-19(6)28(37)26(35)16-22(13-18(4)5)29(38)31(8)23(10-11-27(30)36)25(34)15-21(12-17(2)3)24(33)14-20(7)32;1-6-18(2)24(27-3)22(30)14-15-23(31)28(4)21(17-19-11-8-7-9-12-19)25(32)29-16-10-13-20(29)26(33)34-5;3*1-2-3/h17-19,21-24,28,33,37H,9-16H2,1-8H3,(H2,30,36);7-9,11-12,18,20-21,24,27H,6,10,13-17H2,1-5H3;2*2-3H2,1H3;3H,2H2,1H3/t19-,21+,22+,23-,24-,28?;18-,20-,21+,24?;;;/m00.../s1. The van der Waals surface area contributed by atoms with E-state index in [4.69, 9.17) is 27.0 Å². The van der Waals surface area contributed by atoms with Gasteiger partial charge >= 0.3 is 5.97 Å². The Hall–Kier alpha value is -4.99. The molecule has 10 N–H and O–H groups in total. The van der Waals surface area contributed by atoms with Gasteiger partial charge in [-0.15, -0.1) is 0 Å². The fourth-order valence-electron chi connectivity index (χ4n) is 9.44. The van der Waals surface area contributed by atoms with Crippen LogP contribution < -0.4 is 22.5 Å². The minimum absolute atomic E-state index is 0.00478. The van der Waals surface area contributed by atoms with Gasteiger partial charge in [-0.2, -0.15) is 0 Å². The molecule has 468 valence electrons. The molecule has 2 unspecified atom stereocenters. The van der Waals surface area contributed by atoms with Gasteiger partial charge in [0.1, 0.15) is 24.0 Å². The Morgan fingerprint density at radius 1 is 0.741 bits per heavy atom. The first-order valence-corrected chi connectivity index (χ1v) is 29.3. The van der Waals surface area contributed by atoms with Crippen molar-refractivity contribution in [2.45, 2.75) is 209 Å². The van der Waals surface area contributed by atoms with E-state index in [1.807, 2.05) is 92.6 Å². The van der Waals surface area contributed by atoms with Gasteiger partial charge < -0.3 is 57.3 Å². The molecule has 1 saturated heterocycles. The molecule has 0 radical (unpaired) electrons. The molecule has 2 rings (SSSR count). The number of nitrogens with zero attached hydrogens (tertiary/aromatic N) is 3. The number of carbonyl (C=O) groups is 9. The van der Waals surface area contributed by atoms with Crippen molar-refractivity contribution in [2.24, 2.45) is 52.7 Å². The molecule has 0 bridgehead atoms. The second kappa shape index (κ2) is 45.5. The van der Waals surface area contributed by atoms with E-state index in [-0.39, 0.29) is 110 Å². The lowest BCUT2D eigenvalue weighted by Gasteiger charge is -2.33. The number of ether oxygens (including phenoxy) is 1. The third-order valence-electron chi connectivity index (χ3n) is 14.1. The molecule has 10 atom stereocenters. The molecule has 0 spiro atoms. The number of aliphatic hydroxyl groups is 3. The fraction of sp³-hybridized carbons (Fsp3) is 0.754. The number of ketones is 4. The number of nitrogens with one attached hydrogen (secondary N) is 1. The minimum atomic E-state index is -1.17. The number of likely N-dealkylation sites (tertiary alicyclic amines) is 1. The van der Waals surface area contributed by atoms with Gasteiger partial charge in [0.15, 0.2) is 17.3 Å². The number of carbonyl (C=O) groups excluding carboxylic acids is 9. The largest absolute Gasteiger partial charge is 0.467 e. The van der Waals surface area contributed by atoms with Crippen molar-refractivity contribution in [1.29, 1.82) is 0 Å². The Morgan fingerprint density at radius 3 is 1.73 bits per heavy atom. The van der Waals surface area contributed by atoms with Gasteiger partial charge in [-0.3, -0.25) is 38.4 Å². The third-order valence-corrected chi connectivity index (χ3v) is 14.1. The summed E-state index contributed by atoms with van der Waals surface area (Å²) in [6, 6.07) is 6.81. The normalized spacial score (nSPS) is 16.0. The number of aliphatic hydroxyl groups excluding tert-OH is 3. The van der Waals surface area contributed by atoms with Gasteiger partial charge in [-0.05, 0) is 101 Å². The molecule has 20 heteroatoms. The molecule has 1 aromatic rings. The third kappa shape index (κ3) is 32.4. The van der Waals surface area contributed by atoms with Crippen molar-refractivity contribution in [3.05, 3.63) is 35.9 Å². The van der Waals surface area contributed by atoms with E-state index in [9.17, 15) is 53.4 Å². The van der Waals surface area contributed by atoms with Crippen LogP contribution in [0.1, 0.15) is 172 Å². The molecule has 1 aliphatic rings. The monoisotopic (exact) mass is 1150 g/mol. The number of methoxy groups -OCH3 is 1. The lowest BCUT2D eigenvalue weighted by Crippen LogP contribution is -2.53. The Labute approximate surface area is 486 Å². The van der Waals surface area contributed by atoms with Gasteiger partial charge in [0.05, 0.1) is 25.3 Å². The van der Waals surface area contributed by atoms with Crippen LogP contribution in [-0.4, -0.2) is 174 Å². The molecular weight excluding hydrogens is 1040 g/mol. The summed E-state index contributed by atoms with van der Waals surface area (Å²) in [6.45, 7) is 24.5. The van der Waals surface area contributed by atoms with Gasteiger partial charge in [0, 0.05) is 78.1 Å². The second-order valence-corrected chi connectivity index (χ2v) is 22.0. The second-order valence-electron chi connectivity index (χ2n) is 22.0. The van der Waals surface area contributed by atoms with Crippen LogP contribution in [0.15, 0.2) is 30.3 Å². The van der Waals surface area contributed by atoms with Crippen molar-refractivity contribution in [3.63, 3.8) is 0 Å². The molecule has 0 aliphatic carbocycles. The maximum atomic E-state index is 13.6. The Morgan fingerprint density at radius 2 is 1.27 bits per heavy atom. The summed E-state index contributed by atoms with van der Waals surface area (Å²) >= 11 is 0. The molecule has 1 aliphatic heterocycles. The van der Waals surface area contributed by atoms with Crippen LogP contribution in [0.2, 0.25) is 0 Å². The van der Waals surface area contributed by atoms with E-state index in [1.165, 1.54) is 35.8 Å². The summed E-state index contributed by atoms with van der Waals surface area (Å²) in [5.74, 6) is -3.95. The van der Waals surface area contributed by atoms with Crippen LogP contribution >= 0.6 is 0 Å². The molecule has 1 heterocycles. The highest BCUT2D eigenvalue weighted by Crippen LogP contribution is 2.28. The number of hydrogen-bond acceptors (Lipinski definition) is 16. The van der Waals surface area contributed by atoms with Crippen molar-refractivity contribution in [3.8, 4) is 0 Å². The van der Waals surface area contributed by atoms with Gasteiger partial charge in [0.25, 0.3) is 0 Å². The quantitative estimate of drug-likeness (QED) is 0.0456. The van der Waals surface area contributed by atoms with E-state index in [0.717, 1.165) is 25.1 Å². The van der Waals surface area contributed by atoms with Crippen LogP contribution in [-0.2, 0) is 54.3 Å². The van der Waals surface area contributed by atoms with Crippen molar-refractivity contribution >= 4 is 52.7 Å². The highest BCUT2D eigenvalue weighted by Gasteiger charge is 2.41. The zero-order valence-electron chi connectivity index (χ0n) is 52.5. The number of amides is 4. The van der Waals surface area contributed by atoms with Crippen LogP contribution in [0.4, 0.5) is 0 Å². The number of Topliss-reactive ketones (excluding diaryl/α,β-unsaturated/α-hetero) is 4. The molecule has 1 fully saturated rings. The topological polar surface area (TPSA) is 323 Å². The van der Waals surface area contributed by atoms with E-state index in [0.29, 0.717) is 45.1 Å². The first kappa shape index (κ1) is 80.2. The van der Waals surface area contributed by atoms with E-state index < -0.39 is 65.7 Å². The smallest absolute Gasteiger partial charge is 0.328 e. The summed E-state index contributed by atoms with van der Waals surface area (Å²) in [6.07, 6.45) is 1.57. The minimum Gasteiger partial charge on any atom is -0.467 e. The number of likely N-dealkylation sites (N-methyl/N-ethyl adjacent to an activating group) is 3. The van der Waals surface area contributed by atoms with Gasteiger partial charge in [-0.1, -0.05) is 112 Å². The first-order valence-electron chi connectivity index (χ1n) is 29.3. The molecule has 4 amide bonds. The van der Waals surface area contributed by atoms with Crippen LogP contribution in [0, 0.1) is 35.5 Å². The summed E-state index contributed by atoms with van der Waals surface area (Å²) in [4.78, 5) is 119. The Kier molecular flexibility index (Phi) is 45.1. The van der Waals surface area contributed by atoms with Crippen LogP contribution in [0.3, 0.4) is 0 Å². The number of esters is 1. The maximum Gasteiger partial charge on any atom is 0.328 e. The molecule has 1 aromatic carbocycles. The molecular formula is C61H111N7O13. The number of nitrogens with two attached hydrogens (primary N) is 3. The van der Waals surface area contributed by atoms with Crippen LogP contribution in [0.25, 0.3) is 0 Å². The summed E-state index contributed by atoms with van der Waals surface area (Å²) < 4.78 is 4.89. The van der Waals surface area contributed by atoms with Crippen molar-refractivity contribution in [2.75, 3.05) is 54.5 Å². The summed E-state index contributed by atoms with van der Waals surface area (Å²) in [5.41, 5.74) is 16.0.